The van der Waals surface area contributed by atoms with Crippen LogP contribution in [0.25, 0.3) is 21.0 Å². The summed E-state index contributed by atoms with van der Waals surface area (Å²) in [5.74, 6) is -0.800. The first-order valence-corrected chi connectivity index (χ1v) is 11.6. The Morgan fingerprint density at radius 2 is 2.03 bits per heavy atom. The standard InChI is InChI=1S/C20H19N3O4S2/c1-29(26,27)23(15-6-7-19-13(10-15)8-9-28-19)18(20(24)22-25)11-14-12-21-17-5-3-2-4-16(14)17/h2-10,12,18,21,25H,11H2,1H3,(H,22,24)/t18-/m1/s1. The van der Waals surface area contributed by atoms with Crippen molar-refractivity contribution in [2.45, 2.75) is 12.5 Å². The fraction of sp³-hybridized carbons (Fsp3) is 0.150. The lowest BCUT2D eigenvalue weighted by molar-refractivity contribution is -0.130. The number of rotatable bonds is 6. The summed E-state index contributed by atoms with van der Waals surface area (Å²) >= 11 is 1.55. The third kappa shape index (κ3) is 3.71. The van der Waals surface area contributed by atoms with Crippen molar-refractivity contribution in [1.29, 1.82) is 0 Å². The predicted molar refractivity (Wildman–Crippen MR) is 115 cm³/mol. The lowest BCUT2D eigenvalue weighted by Gasteiger charge is -2.30. The molecule has 4 aromatic rings. The van der Waals surface area contributed by atoms with Crippen LogP contribution in [0.4, 0.5) is 5.69 Å². The van der Waals surface area contributed by atoms with Gasteiger partial charge in [0.25, 0.3) is 5.91 Å². The smallest absolute Gasteiger partial charge is 0.267 e. The molecule has 0 bridgehead atoms. The average Bonchev–Trinajstić information content (AvgIpc) is 3.32. The molecule has 0 aliphatic heterocycles. The van der Waals surface area contributed by atoms with Crippen LogP contribution < -0.4 is 9.79 Å². The van der Waals surface area contributed by atoms with Crippen molar-refractivity contribution in [2.24, 2.45) is 0 Å². The highest BCUT2D eigenvalue weighted by atomic mass is 32.2. The van der Waals surface area contributed by atoms with E-state index in [0.29, 0.717) is 5.69 Å². The average molecular weight is 430 g/mol. The van der Waals surface area contributed by atoms with Crippen molar-refractivity contribution >= 4 is 53.9 Å². The highest BCUT2D eigenvalue weighted by Gasteiger charge is 2.33. The van der Waals surface area contributed by atoms with Crippen LogP contribution in [0.3, 0.4) is 0 Å². The molecule has 2 heterocycles. The number of carbonyl (C=O) groups excluding carboxylic acids is 1. The van der Waals surface area contributed by atoms with E-state index >= 15 is 0 Å². The Morgan fingerprint density at radius 1 is 1.24 bits per heavy atom. The van der Waals surface area contributed by atoms with Crippen LogP contribution in [0.2, 0.25) is 0 Å². The summed E-state index contributed by atoms with van der Waals surface area (Å²) in [7, 11) is -3.83. The van der Waals surface area contributed by atoms with Gasteiger partial charge in [-0.05, 0) is 46.7 Å². The van der Waals surface area contributed by atoms with E-state index in [0.717, 1.165) is 37.1 Å². The van der Waals surface area contributed by atoms with E-state index in [1.54, 1.807) is 35.1 Å². The molecule has 0 spiro atoms. The topological polar surface area (TPSA) is 103 Å². The molecule has 0 saturated carbocycles. The van der Waals surface area contributed by atoms with E-state index in [9.17, 15) is 18.4 Å². The molecule has 0 unspecified atom stereocenters. The number of nitrogens with one attached hydrogen (secondary N) is 2. The van der Waals surface area contributed by atoms with Gasteiger partial charge in [-0.2, -0.15) is 0 Å². The van der Waals surface area contributed by atoms with Gasteiger partial charge in [0.05, 0.1) is 11.9 Å². The van der Waals surface area contributed by atoms with Crippen LogP contribution >= 0.6 is 11.3 Å². The van der Waals surface area contributed by atoms with Gasteiger partial charge in [-0.3, -0.25) is 14.3 Å². The molecule has 3 N–H and O–H groups in total. The molecule has 2 aromatic heterocycles. The Labute approximate surface area is 171 Å². The van der Waals surface area contributed by atoms with Gasteiger partial charge in [0.1, 0.15) is 6.04 Å². The van der Waals surface area contributed by atoms with E-state index in [1.807, 2.05) is 41.8 Å². The number of carbonyl (C=O) groups is 1. The van der Waals surface area contributed by atoms with Crippen LogP contribution in [0.15, 0.2) is 60.1 Å². The molecule has 0 saturated heterocycles. The summed E-state index contributed by atoms with van der Waals surface area (Å²) in [5, 5.41) is 13.0. The molecule has 1 amide bonds. The summed E-state index contributed by atoms with van der Waals surface area (Å²) in [6, 6.07) is 13.5. The highest BCUT2D eigenvalue weighted by Crippen LogP contribution is 2.30. The maximum Gasteiger partial charge on any atom is 0.267 e. The molecule has 1 atom stereocenters. The fourth-order valence-corrected chi connectivity index (χ4v) is 5.46. The Hall–Kier alpha value is -2.88. The SMILES string of the molecule is CS(=O)(=O)N(c1ccc2sccc2c1)[C@H](Cc1c[nH]c2ccccc12)C(=O)NO. The van der Waals surface area contributed by atoms with Gasteiger partial charge >= 0.3 is 0 Å². The van der Waals surface area contributed by atoms with E-state index in [2.05, 4.69) is 4.98 Å². The van der Waals surface area contributed by atoms with Gasteiger partial charge in [0.15, 0.2) is 0 Å². The first kappa shape index (κ1) is 19.4. The second kappa shape index (κ2) is 7.51. The zero-order valence-corrected chi connectivity index (χ0v) is 17.1. The number of H-pyrrole nitrogens is 1. The second-order valence-corrected chi connectivity index (χ2v) is 9.56. The maximum atomic E-state index is 12.7. The van der Waals surface area contributed by atoms with Crippen molar-refractivity contribution in [3.05, 3.63) is 65.7 Å². The highest BCUT2D eigenvalue weighted by molar-refractivity contribution is 7.92. The molecule has 2 aromatic carbocycles. The Bertz CT molecular complexity index is 1290. The summed E-state index contributed by atoms with van der Waals surface area (Å²) in [6.07, 6.45) is 2.90. The lowest BCUT2D eigenvalue weighted by Crippen LogP contribution is -2.50. The van der Waals surface area contributed by atoms with Crippen molar-refractivity contribution in [1.82, 2.24) is 10.5 Å². The molecule has 150 valence electrons. The molecule has 29 heavy (non-hydrogen) atoms. The van der Waals surface area contributed by atoms with Gasteiger partial charge in [-0.25, -0.2) is 13.9 Å². The number of aromatic amines is 1. The van der Waals surface area contributed by atoms with Crippen LogP contribution in [0.1, 0.15) is 5.56 Å². The third-order valence-corrected chi connectivity index (χ3v) is 6.91. The molecule has 0 radical (unpaired) electrons. The van der Waals surface area contributed by atoms with E-state index in [1.165, 1.54) is 0 Å². The molecule has 7 nitrogen and oxygen atoms in total. The molecule has 0 aliphatic carbocycles. The van der Waals surface area contributed by atoms with Crippen molar-refractivity contribution in [3.63, 3.8) is 0 Å². The number of sulfonamides is 1. The minimum atomic E-state index is -3.83. The number of fused-ring (bicyclic) bond motifs is 2. The second-order valence-electron chi connectivity index (χ2n) is 6.76. The molecule has 9 heteroatoms. The van der Waals surface area contributed by atoms with Crippen molar-refractivity contribution < 1.29 is 18.4 Å². The zero-order valence-electron chi connectivity index (χ0n) is 15.5. The number of amides is 1. The van der Waals surface area contributed by atoms with Crippen molar-refractivity contribution in [2.75, 3.05) is 10.6 Å². The lowest BCUT2D eigenvalue weighted by atomic mass is 10.0. The van der Waals surface area contributed by atoms with E-state index in [4.69, 9.17) is 0 Å². The van der Waals surface area contributed by atoms with Gasteiger partial charge in [-0.1, -0.05) is 18.2 Å². The molecule has 0 fully saturated rings. The minimum absolute atomic E-state index is 0.0884. The number of nitrogens with zero attached hydrogens (tertiary/aromatic N) is 1. The molecule has 0 aliphatic rings. The number of hydroxylamine groups is 1. The maximum absolute atomic E-state index is 12.7. The van der Waals surface area contributed by atoms with Gasteiger partial charge in [0.2, 0.25) is 10.0 Å². The van der Waals surface area contributed by atoms with Crippen LogP contribution in [0.5, 0.6) is 0 Å². The first-order chi connectivity index (χ1) is 13.9. The summed E-state index contributed by atoms with van der Waals surface area (Å²) in [5.41, 5.74) is 3.66. The number of anilines is 1. The number of hydrogen-bond acceptors (Lipinski definition) is 5. The van der Waals surface area contributed by atoms with E-state index < -0.39 is 22.0 Å². The zero-order chi connectivity index (χ0) is 20.6. The predicted octanol–water partition coefficient (Wildman–Crippen LogP) is 3.27. The van der Waals surface area contributed by atoms with Crippen LogP contribution in [-0.2, 0) is 21.2 Å². The van der Waals surface area contributed by atoms with Crippen molar-refractivity contribution in [3.8, 4) is 0 Å². The summed E-state index contributed by atoms with van der Waals surface area (Å²) in [4.78, 5) is 15.7. The Balaban J connectivity index is 1.82. The minimum Gasteiger partial charge on any atom is -0.361 e. The van der Waals surface area contributed by atoms with Gasteiger partial charge in [-0.15, -0.1) is 11.3 Å². The summed E-state index contributed by atoms with van der Waals surface area (Å²) in [6.45, 7) is 0. The van der Waals surface area contributed by atoms with Crippen LogP contribution in [-0.4, -0.2) is 36.8 Å². The molecule has 4 rings (SSSR count). The number of aromatic nitrogens is 1. The van der Waals surface area contributed by atoms with Crippen LogP contribution in [0, 0.1) is 0 Å². The molecular weight excluding hydrogens is 410 g/mol. The number of para-hydroxylation sites is 1. The monoisotopic (exact) mass is 429 g/mol. The Kier molecular flexibility index (Phi) is 5.03. The number of thiophene rings is 1. The molecular formula is C20H19N3O4S2. The number of hydrogen-bond donors (Lipinski definition) is 3. The third-order valence-electron chi connectivity index (χ3n) is 4.83. The fourth-order valence-electron chi connectivity index (χ4n) is 3.56. The Morgan fingerprint density at radius 3 is 2.79 bits per heavy atom. The summed E-state index contributed by atoms with van der Waals surface area (Å²) < 4.78 is 27.5. The first-order valence-electron chi connectivity index (χ1n) is 8.84. The number of benzene rings is 2. The quantitative estimate of drug-likeness (QED) is 0.323. The normalized spacial score (nSPS) is 12.9. The van der Waals surface area contributed by atoms with Gasteiger partial charge < -0.3 is 4.98 Å². The largest absolute Gasteiger partial charge is 0.361 e. The van der Waals surface area contributed by atoms with Gasteiger partial charge in [0, 0.05) is 28.2 Å². The van der Waals surface area contributed by atoms with E-state index in [-0.39, 0.29) is 6.42 Å².